The SMILES string of the molecule is COCCOCCOCCC(=O)NCCOCCOCCOCCN(CCOCCOCCOCCC(=O)O)CCOCCOCCOCCC(=O)O. The standard InChI is InChI=1S/C34H66N2O17/c1-42-16-17-50-25-18-43-9-2-32(37)35-5-12-46-21-28-53-31-24-49-15-8-36(6-13-47-22-29-51-26-19-44-10-3-33(38)39)7-14-48-23-30-52-27-20-45-11-4-34(40)41/h2-31H2,1H3,(H,35,37)(H,38,39)(H,40,41). The maximum atomic E-state index is 11.8. The van der Waals surface area contributed by atoms with Gasteiger partial charge in [0.2, 0.25) is 5.91 Å². The molecule has 19 heteroatoms. The largest absolute Gasteiger partial charge is 0.481 e. The molecule has 0 saturated carbocycles. The van der Waals surface area contributed by atoms with Crippen molar-refractivity contribution in [1.82, 2.24) is 10.2 Å². The van der Waals surface area contributed by atoms with Gasteiger partial charge in [0.15, 0.2) is 0 Å². The first kappa shape index (κ1) is 50.9. The van der Waals surface area contributed by atoms with Crippen LogP contribution in [0.3, 0.4) is 0 Å². The third kappa shape index (κ3) is 44.2. The first-order chi connectivity index (χ1) is 26.0. The molecule has 0 atom stereocenters. The molecule has 19 nitrogen and oxygen atoms in total. The van der Waals surface area contributed by atoms with Gasteiger partial charge in [0.25, 0.3) is 0 Å². The second-order valence-electron chi connectivity index (χ2n) is 11.0. The average Bonchev–Trinajstić information content (AvgIpc) is 3.13. The van der Waals surface area contributed by atoms with Crippen LogP contribution in [-0.2, 0) is 71.2 Å². The van der Waals surface area contributed by atoms with Crippen molar-refractivity contribution < 1.29 is 81.4 Å². The van der Waals surface area contributed by atoms with Gasteiger partial charge in [-0.15, -0.1) is 0 Å². The molecule has 1 amide bonds. The van der Waals surface area contributed by atoms with Crippen LogP contribution in [0.15, 0.2) is 0 Å². The number of hydrogen-bond acceptors (Lipinski definition) is 16. The Morgan fingerprint density at radius 3 is 1.02 bits per heavy atom. The van der Waals surface area contributed by atoms with Crippen LogP contribution in [0, 0.1) is 0 Å². The quantitative estimate of drug-likeness (QED) is 0.0669. The zero-order valence-electron chi connectivity index (χ0n) is 31.7. The molecule has 0 aliphatic heterocycles. The Labute approximate surface area is 314 Å². The Kier molecular flexibility index (Phi) is 40.9. The number of aliphatic carboxylic acids is 2. The fourth-order valence-corrected chi connectivity index (χ4v) is 3.84. The maximum Gasteiger partial charge on any atom is 0.305 e. The number of nitrogens with zero attached hydrogens (tertiary/aromatic N) is 1. The normalized spacial score (nSPS) is 11.4. The predicted molar refractivity (Wildman–Crippen MR) is 189 cm³/mol. The van der Waals surface area contributed by atoms with Crippen molar-refractivity contribution in [3.8, 4) is 0 Å². The monoisotopic (exact) mass is 774 g/mol. The van der Waals surface area contributed by atoms with Gasteiger partial charge in [-0.25, -0.2) is 0 Å². The molecule has 0 unspecified atom stereocenters. The van der Waals surface area contributed by atoms with Crippen LogP contribution >= 0.6 is 0 Å². The van der Waals surface area contributed by atoms with Crippen LogP contribution in [0.1, 0.15) is 19.3 Å². The van der Waals surface area contributed by atoms with Gasteiger partial charge in [-0.2, -0.15) is 0 Å². The van der Waals surface area contributed by atoms with E-state index < -0.39 is 11.9 Å². The van der Waals surface area contributed by atoms with Crippen LogP contribution < -0.4 is 5.32 Å². The minimum atomic E-state index is -0.895. The highest BCUT2D eigenvalue weighted by molar-refractivity contribution is 5.75. The van der Waals surface area contributed by atoms with E-state index in [0.29, 0.717) is 165 Å². The van der Waals surface area contributed by atoms with E-state index in [1.165, 1.54) is 0 Å². The number of amides is 1. The number of rotatable bonds is 45. The van der Waals surface area contributed by atoms with Crippen LogP contribution in [0.2, 0.25) is 0 Å². The van der Waals surface area contributed by atoms with Gasteiger partial charge in [-0.1, -0.05) is 0 Å². The maximum absolute atomic E-state index is 11.8. The summed E-state index contributed by atoms with van der Waals surface area (Å²) in [6.07, 6.45) is 0.216. The Morgan fingerprint density at radius 2 is 0.679 bits per heavy atom. The number of carbonyl (C=O) groups is 3. The van der Waals surface area contributed by atoms with E-state index in [0.717, 1.165) is 0 Å². The summed E-state index contributed by atoms with van der Waals surface area (Å²) < 4.78 is 65.0. The molecule has 0 spiro atoms. The van der Waals surface area contributed by atoms with E-state index in [2.05, 4.69) is 10.2 Å². The Balaban J connectivity index is 3.93. The molecule has 0 aromatic carbocycles. The summed E-state index contributed by atoms with van der Waals surface area (Å²) in [6, 6.07) is 0. The third-order valence-electron chi connectivity index (χ3n) is 6.65. The first-order valence-electron chi connectivity index (χ1n) is 18.2. The molecule has 0 rings (SSSR count). The second kappa shape index (κ2) is 42.6. The highest BCUT2D eigenvalue weighted by Crippen LogP contribution is 1.94. The lowest BCUT2D eigenvalue weighted by atomic mass is 10.4. The van der Waals surface area contributed by atoms with Crippen molar-refractivity contribution >= 4 is 17.8 Å². The van der Waals surface area contributed by atoms with E-state index in [1.54, 1.807) is 7.11 Å². The number of methoxy groups -OCH3 is 1. The molecule has 0 heterocycles. The van der Waals surface area contributed by atoms with Crippen molar-refractivity contribution in [2.24, 2.45) is 0 Å². The zero-order valence-corrected chi connectivity index (χ0v) is 31.7. The fraction of sp³-hybridized carbons (Fsp3) is 0.912. The molecule has 0 aromatic rings. The van der Waals surface area contributed by atoms with E-state index >= 15 is 0 Å². The van der Waals surface area contributed by atoms with Gasteiger partial charge >= 0.3 is 11.9 Å². The van der Waals surface area contributed by atoms with Crippen molar-refractivity contribution in [2.45, 2.75) is 19.3 Å². The van der Waals surface area contributed by atoms with Gasteiger partial charge in [0, 0.05) is 39.7 Å². The Bertz CT molecular complexity index is 779. The number of carboxylic acid groups (broad SMARTS) is 2. The molecule has 0 aliphatic carbocycles. The minimum Gasteiger partial charge on any atom is -0.481 e. The summed E-state index contributed by atoms with van der Waals surface area (Å²) in [5.74, 6) is -1.89. The minimum absolute atomic E-state index is 0.0311. The lowest BCUT2D eigenvalue weighted by Crippen LogP contribution is -2.34. The fourth-order valence-electron chi connectivity index (χ4n) is 3.84. The molecule has 0 saturated heterocycles. The summed E-state index contributed by atoms with van der Waals surface area (Å²) in [5.41, 5.74) is 0. The molecule has 0 radical (unpaired) electrons. The van der Waals surface area contributed by atoms with Crippen molar-refractivity contribution in [1.29, 1.82) is 0 Å². The number of hydrogen-bond donors (Lipinski definition) is 3. The molecule has 53 heavy (non-hydrogen) atoms. The molecule has 0 aromatic heterocycles. The smallest absolute Gasteiger partial charge is 0.305 e. The topological polar surface area (TPSA) is 218 Å². The van der Waals surface area contributed by atoms with Gasteiger partial charge in [0.1, 0.15) is 0 Å². The van der Waals surface area contributed by atoms with Crippen molar-refractivity contribution in [3.05, 3.63) is 0 Å². The molecule has 0 bridgehead atoms. The summed E-state index contributed by atoms with van der Waals surface area (Å²) in [6.45, 7) is 11.7. The van der Waals surface area contributed by atoms with E-state index in [1.807, 2.05) is 0 Å². The van der Waals surface area contributed by atoms with E-state index in [4.69, 9.17) is 67.1 Å². The van der Waals surface area contributed by atoms with Gasteiger partial charge in [-0.3, -0.25) is 19.3 Å². The molecular weight excluding hydrogens is 708 g/mol. The number of carboxylic acids is 2. The highest BCUT2D eigenvalue weighted by Gasteiger charge is 2.06. The molecule has 0 fully saturated rings. The highest BCUT2D eigenvalue weighted by atomic mass is 16.6. The lowest BCUT2D eigenvalue weighted by Gasteiger charge is -2.22. The summed E-state index contributed by atoms with van der Waals surface area (Å²) >= 11 is 0. The second-order valence-corrected chi connectivity index (χ2v) is 11.0. The Hall–Kier alpha value is -2.11. The Morgan fingerprint density at radius 1 is 0.396 bits per heavy atom. The first-order valence-corrected chi connectivity index (χ1v) is 18.2. The van der Waals surface area contributed by atoms with Gasteiger partial charge in [-0.05, 0) is 0 Å². The van der Waals surface area contributed by atoms with Crippen LogP contribution in [0.4, 0.5) is 0 Å². The van der Waals surface area contributed by atoms with Gasteiger partial charge in [0.05, 0.1) is 165 Å². The molecule has 0 aliphatic rings. The average molecular weight is 775 g/mol. The lowest BCUT2D eigenvalue weighted by molar-refractivity contribution is -0.139. The van der Waals surface area contributed by atoms with Gasteiger partial charge < -0.3 is 72.4 Å². The molecule has 314 valence electrons. The summed E-state index contributed by atoms with van der Waals surface area (Å²) in [4.78, 5) is 35.0. The zero-order chi connectivity index (χ0) is 38.7. The summed E-state index contributed by atoms with van der Waals surface area (Å²) in [5, 5.41) is 20.0. The number of ether oxygens (including phenoxy) is 12. The third-order valence-corrected chi connectivity index (χ3v) is 6.65. The number of nitrogens with one attached hydrogen (secondary N) is 1. The van der Waals surface area contributed by atoms with E-state index in [-0.39, 0.29) is 38.4 Å². The van der Waals surface area contributed by atoms with Crippen molar-refractivity contribution in [3.63, 3.8) is 0 Å². The number of carbonyl (C=O) groups excluding carboxylic acids is 1. The molecule has 3 N–H and O–H groups in total. The predicted octanol–water partition coefficient (Wildman–Crippen LogP) is -0.427. The summed E-state index contributed by atoms with van der Waals surface area (Å²) in [7, 11) is 1.61. The van der Waals surface area contributed by atoms with E-state index in [9.17, 15) is 14.4 Å². The van der Waals surface area contributed by atoms with Crippen LogP contribution in [0.25, 0.3) is 0 Å². The van der Waals surface area contributed by atoms with Crippen LogP contribution in [0.5, 0.6) is 0 Å². The molecular formula is C34H66N2O17. The van der Waals surface area contributed by atoms with Crippen LogP contribution in [-0.4, -0.2) is 218 Å². The van der Waals surface area contributed by atoms with Crippen molar-refractivity contribution in [2.75, 3.05) is 185 Å².